The monoisotopic (exact) mass is 447 g/mol. The van der Waals surface area contributed by atoms with Gasteiger partial charge in [-0.25, -0.2) is 9.48 Å². The average Bonchev–Trinajstić information content (AvgIpc) is 3.39. The summed E-state index contributed by atoms with van der Waals surface area (Å²) >= 11 is 0. The zero-order valence-electron chi connectivity index (χ0n) is 17.9. The fourth-order valence-electron chi connectivity index (χ4n) is 3.85. The first-order valence-electron chi connectivity index (χ1n) is 10.5. The van der Waals surface area contributed by atoms with Crippen LogP contribution in [0.3, 0.4) is 0 Å². The average molecular weight is 447 g/mol. The van der Waals surface area contributed by atoms with Crippen molar-refractivity contribution in [2.24, 2.45) is 0 Å². The van der Waals surface area contributed by atoms with Gasteiger partial charge in [0.1, 0.15) is 11.7 Å². The van der Waals surface area contributed by atoms with Crippen LogP contribution in [-0.2, 0) is 0 Å². The number of amides is 1. The lowest BCUT2D eigenvalue weighted by Gasteiger charge is -2.31. The molecule has 1 aromatic carbocycles. The summed E-state index contributed by atoms with van der Waals surface area (Å²) in [7, 11) is 1.50. The number of carbonyl (C=O) groups excluding carboxylic acids is 1. The number of benzene rings is 1. The normalized spacial score (nSPS) is 14.4. The molecule has 4 heterocycles. The van der Waals surface area contributed by atoms with Crippen molar-refractivity contribution in [3.05, 3.63) is 70.8 Å². The van der Waals surface area contributed by atoms with Crippen LogP contribution >= 0.6 is 0 Å². The van der Waals surface area contributed by atoms with Crippen LogP contribution in [0.15, 0.2) is 64.1 Å². The summed E-state index contributed by atoms with van der Waals surface area (Å²) in [6, 6.07) is 12.1. The smallest absolute Gasteiger partial charge is 0.349 e. The van der Waals surface area contributed by atoms with Gasteiger partial charge < -0.3 is 18.8 Å². The zero-order valence-corrected chi connectivity index (χ0v) is 17.9. The Bertz CT molecular complexity index is 1330. The van der Waals surface area contributed by atoms with Crippen LogP contribution in [0.2, 0.25) is 0 Å². The number of piperidine rings is 1. The topological polar surface area (TPSA) is 113 Å². The molecule has 168 valence electrons. The highest BCUT2D eigenvalue weighted by atomic mass is 16.5. The molecule has 5 rings (SSSR count). The summed E-state index contributed by atoms with van der Waals surface area (Å²) < 4.78 is 18.2. The number of para-hydroxylation sites is 1. The molecule has 0 aliphatic carbocycles. The van der Waals surface area contributed by atoms with Crippen molar-refractivity contribution in [3.8, 4) is 17.4 Å². The number of hydrogen-bond donors (Lipinski definition) is 0. The van der Waals surface area contributed by atoms with Gasteiger partial charge in [0.05, 0.1) is 7.11 Å². The molecule has 33 heavy (non-hydrogen) atoms. The molecule has 1 aliphatic heterocycles. The van der Waals surface area contributed by atoms with E-state index < -0.39 is 5.63 Å². The molecular weight excluding hydrogens is 426 g/mol. The third-order valence-electron chi connectivity index (χ3n) is 5.56. The number of aromatic nitrogens is 4. The number of fused-ring (bicyclic) bond motifs is 1. The van der Waals surface area contributed by atoms with Gasteiger partial charge in [0.15, 0.2) is 17.2 Å². The van der Waals surface area contributed by atoms with Gasteiger partial charge in [-0.15, -0.1) is 10.2 Å². The van der Waals surface area contributed by atoms with Crippen LogP contribution in [-0.4, -0.2) is 57.1 Å². The molecule has 0 bridgehead atoms. The fourth-order valence-corrected chi connectivity index (χ4v) is 3.85. The van der Waals surface area contributed by atoms with Gasteiger partial charge in [-0.05, 0) is 24.3 Å². The summed E-state index contributed by atoms with van der Waals surface area (Å²) in [5, 5.41) is 13.0. The predicted octanol–water partition coefficient (Wildman–Crippen LogP) is 2.46. The Morgan fingerprint density at radius 2 is 1.97 bits per heavy atom. The van der Waals surface area contributed by atoms with Gasteiger partial charge in [0, 0.05) is 49.8 Å². The van der Waals surface area contributed by atoms with Gasteiger partial charge in [0.25, 0.3) is 5.91 Å². The van der Waals surface area contributed by atoms with E-state index in [9.17, 15) is 9.59 Å². The Hall–Kier alpha value is -4.21. The van der Waals surface area contributed by atoms with Crippen molar-refractivity contribution >= 4 is 16.9 Å². The van der Waals surface area contributed by atoms with E-state index in [1.807, 2.05) is 0 Å². The first kappa shape index (κ1) is 20.7. The van der Waals surface area contributed by atoms with E-state index in [2.05, 4.69) is 15.3 Å². The molecule has 10 heteroatoms. The van der Waals surface area contributed by atoms with Crippen LogP contribution in [0.1, 0.15) is 23.2 Å². The molecule has 3 aromatic heterocycles. The van der Waals surface area contributed by atoms with Gasteiger partial charge in [0.2, 0.25) is 5.88 Å². The van der Waals surface area contributed by atoms with Crippen molar-refractivity contribution in [1.29, 1.82) is 0 Å². The van der Waals surface area contributed by atoms with Crippen molar-refractivity contribution < 1.29 is 18.7 Å². The largest absolute Gasteiger partial charge is 0.493 e. The SMILES string of the molecule is COc1cccc2cc(C(=O)N3CCC(Oc4ccc(-n5cccn5)nn4)CC3)c(=O)oc12. The Kier molecular flexibility index (Phi) is 5.47. The molecule has 0 saturated carbocycles. The number of rotatable bonds is 5. The van der Waals surface area contributed by atoms with Gasteiger partial charge in [-0.2, -0.15) is 5.10 Å². The van der Waals surface area contributed by atoms with Crippen LogP contribution in [0.25, 0.3) is 16.8 Å². The third kappa shape index (κ3) is 4.14. The molecule has 4 aromatic rings. The number of hydrogen-bond acceptors (Lipinski definition) is 8. The molecule has 0 N–H and O–H groups in total. The van der Waals surface area contributed by atoms with E-state index in [4.69, 9.17) is 13.9 Å². The Morgan fingerprint density at radius 3 is 2.67 bits per heavy atom. The number of ether oxygens (including phenoxy) is 2. The predicted molar refractivity (Wildman–Crippen MR) is 118 cm³/mol. The van der Waals surface area contributed by atoms with Crippen LogP contribution in [0.4, 0.5) is 0 Å². The number of likely N-dealkylation sites (tertiary alicyclic amines) is 1. The molecule has 1 amide bonds. The third-order valence-corrected chi connectivity index (χ3v) is 5.56. The first-order valence-corrected chi connectivity index (χ1v) is 10.5. The molecule has 1 aliphatic rings. The summed E-state index contributed by atoms with van der Waals surface area (Å²) in [5.41, 5.74) is -0.341. The second kappa shape index (κ2) is 8.73. The van der Waals surface area contributed by atoms with Crippen molar-refractivity contribution in [2.75, 3.05) is 20.2 Å². The second-order valence-electron chi connectivity index (χ2n) is 7.62. The van der Waals surface area contributed by atoms with E-state index in [1.165, 1.54) is 7.11 Å². The number of carbonyl (C=O) groups is 1. The van der Waals surface area contributed by atoms with Crippen molar-refractivity contribution in [2.45, 2.75) is 18.9 Å². The minimum Gasteiger partial charge on any atom is -0.493 e. The quantitative estimate of drug-likeness (QED) is 0.429. The van der Waals surface area contributed by atoms with Gasteiger partial charge in [-0.1, -0.05) is 12.1 Å². The highest BCUT2D eigenvalue weighted by Crippen LogP contribution is 2.25. The lowest BCUT2D eigenvalue weighted by molar-refractivity contribution is 0.0582. The summed E-state index contributed by atoms with van der Waals surface area (Å²) in [6.07, 6.45) is 4.57. The zero-order chi connectivity index (χ0) is 22.8. The molecule has 1 fully saturated rings. The maximum Gasteiger partial charge on any atom is 0.349 e. The van der Waals surface area contributed by atoms with Crippen molar-refractivity contribution in [1.82, 2.24) is 24.9 Å². The van der Waals surface area contributed by atoms with Gasteiger partial charge >= 0.3 is 5.63 Å². The van der Waals surface area contributed by atoms with E-state index in [0.29, 0.717) is 54.3 Å². The highest BCUT2D eigenvalue weighted by molar-refractivity contribution is 5.97. The fraction of sp³-hybridized carbons (Fsp3) is 0.261. The molecular formula is C23H21N5O5. The van der Waals surface area contributed by atoms with Crippen LogP contribution in [0, 0.1) is 0 Å². The Labute approximate surface area is 188 Å². The minimum atomic E-state index is -0.678. The lowest BCUT2D eigenvalue weighted by atomic mass is 10.1. The van der Waals surface area contributed by atoms with E-state index in [1.54, 1.807) is 64.4 Å². The van der Waals surface area contributed by atoms with E-state index >= 15 is 0 Å². The summed E-state index contributed by atoms with van der Waals surface area (Å²) in [6.45, 7) is 0.912. The number of nitrogens with zero attached hydrogens (tertiary/aromatic N) is 5. The Morgan fingerprint density at radius 1 is 1.12 bits per heavy atom. The minimum absolute atomic E-state index is 0.00944. The highest BCUT2D eigenvalue weighted by Gasteiger charge is 2.27. The lowest BCUT2D eigenvalue weighted by Crippen LogP contribution is -2.43. The second-order valence-corrected chi connectivity index (χ2v) is 7.62. The molecule has 0 atom stereocenters. The number of methoxy groups -OCH3 is 1. The maximum atomic E-state index is 13.0. The van der Waals surface area contributed by atoms with E-state index in [0.717, 1.165) is 0 Å². The molecule has 0 radical (unpaired) electrons. The van der Waals surface area contributed by atoms with Crippen molar-refractivity contribution in [3.63, 3.8) is 0 Å². The van der Waals surface area contributed by atoms with Gasteiger partial charge in [-0.3, -0.25) is 4.79 Å². The van der Waals surface area contributed by atoms with Crippen LogP contribution < -0.4 is 15.1 Å². The first-order chi connectivity index (χ1) is 16.1. The summed E-state index contributed by atoms with van der Waals surface area (Å²) in [4.78, 5) is 27.1. The van der Waals surface area contributed by atoms with Crippen LogP contribution in [0.5, 0.6) is 11.6 Å². The Balaban J connectivity index is 1.23. The standard InChI is InChI=1S/C23H21N5O5/c1-31-18-5-2-4-15-14-17(23(30)33-21(15)18)22(29)27-12-8-16(9-13-27)32-20-7-6-19(25-26-20)28-11-3-10-24-28/h2-7,10-11,14,16H,8-9,12-13H2,1H3. The molecule has 0 unspecified atom stereocenters. The van der Waals surface area contributed by atoms with E-state index in [-0.39, 0.29) is 17.6 Å². The maximum absolute atomic E-state index is 13.0. The molecule has 0 spiro atoms. The summed E-state index contributed by atoms with van der Waals surface area (Å²) in [5.74, 6) is 1.11. The molecule has 10 nitrogen and oxygen atoms in total. The molecule has 1 saturated heterocycles.